The maximum atomic E-state index is 11.0. The molecule has 7 aromatic rings. The van der Waals surface area contributed by atoms with E-state index in [4.69, 9.17) is 20.8 Å². The zero-order valence-corrected chi connectivity index (χ0v) is 39.6. The summed E-state index contributed by atoms with van der Waals surface area (Å²) >= 11 is 7.40. The van der Waals surface area contributed by atoms with Gasteiger partial charge in [-0.05, 0) is 97.5 Å². The zero-order valence-electron chi connectivity index (χ0n) is 36.2. The molecule has 0 aliphatic rings. The monoisotopic (exact) mass is 966 g/mol. The van der Waals surface area contributed by atoms with E-state index >= 15 is 0 Å². The molecule has 5 aromatic heterocycles. The zero-order chi connectivity index (χ0) is 44.4. The number of isothiocyanates is 1. The van der Waals surface area contributed by atoms with Crippen molar-refractivity contribution in [1.29, 1.82) is 5.26 Å². The SMILES string of the molecule is CCCCCCCCCc1ccnc(-c2cc(CCCCCCCCC)ccn2)c1.N#C[S-].O=C(O)c1ccc(-c2nc3c4cccnc4c4ncccc4c3[nH]2)cc1.[N-]=C=S.[Ru+2]. The third-order valence-electron chi connectivity index (χ3n) is 10.5. The molecule has 0 saturated carbocycles. The molecule has 328 valence electrons. The van der Waals surface area contributed by atoms with Gasteiger partial charge in [0.15, 0.2) is 0 Å². The third-order valence-corrected chi connectivity index (χ3v) is 10.5. The molecule has 0 aliphatic carbocycles. The maximum absolute atomic E-state index is 11.0. The molecule has 7 rings (SSSR count). The summed E-state index contributed by atoms with van der Waals surface area (Å²) in [4.78, 5) is 37.4. The summed E-state index contributed by atoms with van der Waals surface area (Å²) in [5.74, 6) is -0.270. The van der Waals surface area contributed by atoms with Gasteiger partial charge in [-0.3, -0.25) is 19.9 Å². The fraction of sp³-hybridized carbons (Fsp3) is 0.360. The van der Waals surface area contributed by atoms with Gasteiger partial charge in [-0.25, -0.2) is 15.0 Å². The quantitative estimate of drug-likeness (QED) is 0.0152. The minimum Gasteiger partial charge on any atom is -0.753 e. The summed E-state index contributed by atoms with van der Waals surface area (Å²) < 4.78 is 0. The number of aryl methyl sites for hydroxylation is 2. The van der Waals surface area contributed by atoms with Crippen LogP contribution in [0.1, 0.15) is 125 Å². The standard InChI is InChI=1S/C28H44N2.C20H12N4O2.CHNS.CNS.Ru/c1-3-5-7-9-11-13-15-17-25-19-21-29-27(23-25)28-24-26(20-22-30-28)18-16-14-12-10-8-6-4-2;25-20(26)12-7-5-11(6-8-12)19-23-17-13-3-1-9-21-15(13)16-14(18(17)24-19)4-2-10-22-16;2*2-1-3;/h19-24H,3-18H2,1-2H3;1-10H,(H,23,24)(H,25,26);3H;;/q;;;-1;+2/p-1. The van der Waals surface area contributed by atoms with E-state index < -0.39 is 5.97 Å². The smallest absolute Gasteiger partial charge is 0.753 e. The van der Waals surface area contributed by atoms with Gasteiger partial charge in [0.1, 0.15) is 5.82 Å². The molecule has 2 N–H and O–H groups in total. The Morgan fingerprint density at radius 1 is 0.683 bits per heavy atom. The number of carboxylic acid groups (broad SMARTS) is 1. The number of nitriles is 1. The third kappa shape index (κ3) is 16.7. The average molecular weight is 966 g/mol. The number of aromatic amines is 1. The number of hydrogen-bond donors (Lipinski definition) is 2. The van der Waals surface area contributed by atoms with Crippen molar-refractivity contribution in [3.8, 4) is 28.2 Å². The van der Waals surface area contributed by atoms with Gasteiger partial charge in [-0.1, -0.05) is 121 Å². The van der Waals surface area contributed by atoms with E-state index in [1.165, 1.54) is 112 Å². The summed E-state index contributed by atoms with van der Waals surface area (Å²) in [6, 6.07) is 23.2. The number of hydrogen-bond acceptors (Lipinski definition) is 9. The number of thiocarbonyl (C=S) groups is 1. The Bertz CT molecular complexity index is 2390. The molecule has 0 fully saturated rings. The second kappa shape index (κ2) is 29.8. The van der Waals surface area contributed by atoms with Crippen LogP contribution in [0.2, 0.25) is 0 Å². The molecule has 13 heteroatoms. The van der Waals surface area contributed by atoms with Crippen molar-refractivity contribution in [2.75, 3.05) is 0 Å². The number of imidazole rings is 1. The minimum atomic E-state index is -0.949. The van der Waals surface area contributed by atoms with Gasteiger partial charge in [0.05, 0.1) is 39.0 Å². The number of thiocyanates is 1. The van der Waals surface area contributed by atoms with Gasteiger partial charge in [-0.2, -0.15) is 5.16 Å². The number of fused-ring (bicyclic) bond motifs is 6. The fourth-order valence-electron chi connectivity index (χ4n) is 7.36. The number of nitrogens with one attached hydrogen (secondary N) is 1. The Balaban J connectivity index is 0.000000295. The van der Waals surface area contributed by atoms with Crippen LogP contribution in [0.25, 0.3) is 61.0 Å². The Morgan fingerprint density at radius 2 is 1.13 bits per heavy atom. The van der Waals surface area contributed by atoms with E-state index in [0.717, 1.165) is 62.6 Å². The minimum absolute atomic E-state index is 0. The molecule has 0 spiro atoms. The number of H-pyrrole nitrogens is 1. The summed E-state index contributed by atoms with van der Waals surface area (Å²) in [7, 11) is 0. The van der Waals surface area contributed by atoms with Crippen LogP contribution in [0.3, 0.4) is 0 Å². The maximum Gasteiger partial charge on any atom is 2.00 e. The van der Waals surface area contributed by atoms with Crippen LogP contribution in [0.5, 0.6) is 0 Å². The number of unbranched alkanes of at least 4 members (excludes halogenated alkanes) is 12. The summed E-state index contributed by atoms with van der Waals surface area (Å²) in [6.07, 6.45) is 28.7. The van der Waals surface area contributed by atoms with E-state index in [0.29, 0.717) is 5.82 Å². The van der Waals surface area contributed by atoms with Crippen molar-refractivity contribution in [3.63, 3.8) is 0 Å². The van der Waals surface area contributed by atoms with E-state index in [-0.39, 0.29) is 25.0 Å². The summed E-state index contributed by atoms with van der Waals surface area (Å²) in [5.41, 5.74) is 9.27. The first kappa shape index (κ1) is 52.0. The normalized spacial score (nSPS) is 10.2. The topological polar surface area (TPSA) is 164 Å². The van der Waals surface area contributed by atoms with Gasteiger partial charge in [0, 0.05) is 41.1 Å². The molecule has 0 aliphatic heterocycles. The van der Waals surface area contributed by atoms with E-state index in [9.17, 15) is 4.79 Å². The molecule has 2 aromatic carbocycles. The molecular formula is C50H56N8O2RuS2. The van der Waals surface area contributed by atoms with E-state index in [2.05, 4.69) is 87.9 Å². The van der Waals surface area contributed by atoms with Crippen LogP contribution < -0.4 is 0 Å². The molecule has 0 amide bonds. The Morgan fingerprint density at radius 3 is 1.60 bits per heavy atom. The summed E-state index contributed by atoms with van der Waals surface area (Å²) in [6.45, 7) is 4.56. The van der Waals surface area contributed by atoms with E-state index in [1.54, 1.807) is 36.7 Å². The second-order valence-corrected chi connectivity index (χ2v) is 15.4. The molecule has 0 saturated heterocycles. The Kier molecular flexibility index (Phi) is 24.6. The van der Waals surface area contributed by atoms with Gasteiger partial charge >= 0.3 is 25.4 Å². The number of benzene rings is 2. The van der Waals surface area contributed by atoms with Crippen LogP contribution in [0, 0.1) is 10.7 Å². The van der Waals surface area contributed by atoms with Crippen molar-refractivity contribution >= 4 is 68.8 Å². The van der Waals surface area contributed by atoms with Crippen molar-refractivity contribution in [2.45, 2.75) is 117 Å². The number of nitrogens with zero attached hydrogens (tertiary/aromatic N) is 7. The first-order valence-corrected chi connectivity index (χ1v) is 22.5. The molecule has 63 heavy (non-hydrogen) atoms. The van der Waals surface area contributed by atoms with Gasteiger partial charge in [0.25, 0.3) is 0 Å². The summed E-state index contributed by atoms with van der Waals surface area (Å²) in [5, 5.41) is 27.9. The molecular weight excluding hydrogens is 910 g/mol. The van der Waals surface area contributed by atoms with Gasteiger partial charge in [0.2, 0.25) is 0 Å². The predicted octanol–water partition coefficient (Wildman–Crippen LogP) is 13.4. The van der Waals surface area contributed by atoms with Crippen LogP contribution >= 0.6 is 12.2 Å². The first-order chi connectivity index (χ1) is 30.4. The van der Waals surface area contributed by atoms with Gasteiger partial charge in [-0.15, -0.1) is 0 Å². The van der Waals surface area contributed by atoms with Crippen LogP contribution in [-0.4, -0.2) is 46.1 Å². The van der Waals surface area contributed by atoms with Crippen LogP contribution in [0.15, 0.2) is 97.6 Å². The average Bonchev–Trinajstić information content (AvgIpc) is 3.76. The molecule has 0 unspecified atom stereocenters. The molecule has 0 bridgehead atoms. The molecule has 10 nitrogen and oxygen atoms in total. The second-order valence-electron chi connectivity index (χ2n) is 15.0. The molecule has 0 atom stereocenters. The van der Waals surface area contributed by atoms with Gasteiger partial charge < -0.3 is 28.1 Å². The van der Waals surface area contributed by atoms with Crippen molar-refractivity contribution in [3.05, 3.63) is 120 Å². The number of aromatic nitrogens is 6. The predicted molar refractivity (Wildman–Crippen MR) is 259 cm³/mol. The molecule has 5 heterocycles. The van der Waals surface area contributed by atoms with Crippen molar-refractivity contribution in [2.24, 2.45) is 0 Å². The fourth-order valence-corrected chi connectivity index (χ4v) is 7.36. The number of carbonyl (C=O) groups is 1. The number of aromatic carboxylic acids is 1. The largest absolute Gasteiger partial charge is 2.00 e. The first-order valence-electron chi connectivity index (χ1n) is 21.7. The van der Waals surface area contributed by atoms with Crippen molar-refractivity contribution < 1.29 is 29.4 Å². The Hall–Kier alpha value is -5.37. The Labute approximate surface area is 395 Å². The van der Waals surface area contributed by atoms with Crippen LogP contribution in [0.4, 0.5) is 0 Å². The van der Waals surface area contributed by atoms with Crippen molar-refractivity contribution in [1.82, 2.24) is 29.9 Å². The number of pyridine rings is 4. The molecule has 0 radical (unpaired) electrons. The number of rotatable bonds is 19. The van der Waals surface area contributed by atoms with Crippen LogP contribution in [-0.2, 0) is 44.9 Å². The van der Waals surface area contributed by atoms with E-state index in [1.807, 2.05) is 36.7 Å². The number of carboxylic acids is 1.